The molecule has 50 valence electrons. The van der Waals surface area contributed by atoms with Crippen molar-refractivity contribution in [3.8, 4) is 0 Å². The van der Waals surface area contributed by atoms with Gasteiger partial charge in [0.15, 0.2) is 0 Å². The van der Waals surface area contributed by atoms with Gasteiger partial charge in [0.25, 0.3) is 0 Å². The summed E-state index contributed by atoms with van der Waals surface area (Å²) in [5.74, 6) is -0.0833. The molecule has 9 heavy (non-hydrogen) atoms. The first-order valence-corrected chi connectivity index (χ1v) is 2.64. The van der Waals surface area contributed by atoms with Gasteiger partial charge in [-0.15, -0.1) is 12.3 Å². The first kappa shape index (κ1) is 7.82. The first-order valence-electron chi connectivity index (χ1n) is 2.64. The van der Waals surface area contributed by atoms with Crippen molar-refractivity contribution in [1.29, 1.82) is 0 Å². The molecule has 0 aliphatic carbocycles. The van der Waals surface area contributed by atoms with Gasteiger partial charge in [0.05, 0.1) is 0 Å². The van der Waals surface area contributed by atoms with Gasteiger partial charge in [0.1, 0.15) is 0 Å². The van der Waals surface area contributed by atoms with E-state index in [1.165, 1.54) is 6.92 Å². The normalized spacial score (nSPS) is 7.22. The number of rotatable bonds is 0. The maximum atomic E-state index is 9.33. The van der Waals surface area contributed by atoms with E-state index in [4.69, 9.17) is 0 Å². The summed E-state index contributed by atoms with van der Waals surface area (Å²) >= 11 is 0. The van der Waals surface area contributed by atoms with E-state index in [9.17, 15) is 5.11 Å². The van der Waals surface area contributed by atoms with Crippen molar-refractivity contribution in [1.82, 2.24) is 4.98 Å². The molecule has 2 heteroatoms. The lowest BCUT2D eigenvalue weighted by Gasteiger charge is -1.92. The zero-order chi connectivity index (χ0) is 7.11. The zero-order valence-electron chi connectivity index (χ0n) is 5.42. The second-order valence-electron chi connectivity index (χ2n) is 1.59. The fourth-order valence-electron chi connectivity index (χ4n) is 0.278. The van der Waals surface area contributed by atoms with Crippen molar-refractivity contribution in [2.75, 3.05) is 0 Å². The van der Waals surface area contributed by atoms with Gasteiger partial charge in [-0.05, 0) is 12.1 Å². The van der Waals surface area contributed by atoms with Crippen LogP contribution in [0.3, 0.4) is 0 Å². The third-order valence-corrected chi connectivity index (χ3v) is 0.496. The summed E-state index contributed by atoms with van der Waals surface area (Å²) < 4.78 is 0. The van der Waals surface area contributed by atoms with Gasteiger partial charge in [-0.1, -0.05) is 6.92 Å². The van der Waals surface area contributed by atoms with Gasteiger partial charge in [-0.2, -0.15) is 0 Å². The molecule has 2 nitrogen and oxygen atoms in total. The molecule has 0 saturated carbocycles. The highest BCUT2D eigenvalue weighted by molar-refractivity contribution is 4.84. The second-order valence-corrected chi connectivity index (χ2v) is 1.59. The minimum Gasteiger partial charge on any atom is -0.876 e. The highest BCUT2D eigenvalue weighted by atomic mass is 16.3. The Labute approximate surface area is 54.8 Å². The number of H-pyrrole nitrogens is 1. The summed E-state index contributed by atoms with van der Waals surface area (Å²) in [5, 5.41) is 9.33. The van der Waals surface area contributed by atoms with Crippen molar-refractivity contribution in [2.45, 2.75) is 6.92 Å². The van der Waals surface area contributed by atoms with Crippen LogP contribution in [-0.4, -0.2) is 4.98 Å². The van der Waals surface area contributed by atoms with Crippen LogP contribution in [-0.2, 0) is 0 Å². The van der Waals surface area contributed by atoms with E-state index in [-0.39, 0.29) is 5.76 Å². The molecule has 1 aromatic heterocycles. The Bertz CT molecular complexity index is 123. The van der Waals surface area contributed by atoms with E-state index < -0.39 is 0 Å². The van der Waals surface area contributed by atoms with Crippen molar-refractivity contribution in [3.05, 3.63) is 36.9 Å². The van der Waals surface area contributed by atoms with Crippen LogP contribution in [0.1, 0.15) is 6.92 Å². The lowest BCUT2D eigenvalue weighted by molar-refractivity contribution is -0.300. The summed E-state index contributed by atoms with van der Waals surface area (Å²) in [6.07, 6.45) is 3.75. The van der Waals surface area contributed by atoms with Gasteiger partial charge >= 0.3 is 0 Å². The van der Waals surface area contributed by atoms with E-state index in [1.807, 2.05) is 24.5 Å². The fraction of sp³-hybridized carbons (Fsp3) is 0.143. The molecule has 0 atom stereocenters. The molecule has 1 heterocycles. The first-order chi connectivity index (χ1) is 4.23. The molecular formula is C7H10NO-. The predicted molar refractivity (Wildman–Crippen MR) is 35.6 cm³/mol. The number of aromatic amines is 1. The summed E-state index contributed by atoms with van der Waals surface area (Å²) in [6, 6.07) is 3.89. The van der Waals surface area contributed by atoms with Gasteiger partial charge in [-0.3, -0.25) is 0 Å². The molecule has 0 amide bonds. The SMILES string of the molecule is C=C(C)[O-].c1cc[nH]c1. The van der Waals surface area contributed by atoms with Crippen LogP contribution in [0.4, 0.5) is 0 Å². The van der Waals surface area contributed by atoms with Gasteiger partial charge in [-0.25, -0.2) is 0 Å². The largest absolute Gasteiger partial charge is 0.876 e. The fourth-order valence-corrected chi connectivity index (χ4v) is 0.278. The van der Waals surface area contributed by atoms with E-state index in [2.05, 4.69) is 11.6 Å². The van der Waals surface area contributed by atoms with Gasteiger partial charge < -0.3 is 10.1 Å². The van der Waals surface area contributed by atoms with Crippen LogP contribution >= 0.6 is 0 Å². The van der Waals surface area contributed by atoms with Crippen LogP contribution in [0.5, 0.6) is 0 Å². The van der Waals surface area contributed by atoms with Crippen molar-refractivity contribution in [2.24, 2.45) is 0 Å². The van der Waals surface area contributed by atoms with E-state index >= 15 is 0 Å². The Morgan fingerprint density at radius 3 is 1.89 bits per heavy atom. The molecule has 0 unspecified atom stereocenters. The summed E-state index contributed by atoms with van der Waals surface area (Å²) in [7, 11) is 0. The Morgan fingerprint density at radius 1 is 1.44 bits per heavy atom. The van der Waals surface area contributed by atoms with Crippen LogP contribution in [0.2, 0.25) is 0 Å². The topological polar surface area (TPSA) is 38.8 Å². The minimum absolute atomic E-state index is 0.0833. The van der Waals surface area contributed by atoms with Gasteiger partial charge in [0, 0.05) is 12.4 Å². The summed E-state index contributed by atoms with van der Waals surface area (Å²) in [6.45, 7) is 4.42. The molecule has 0 radical (unpaired) electrons. The third-order valence-electron chi connectivity index (χ3n) is 0.496. The number of allylic oxidation sites excluding steroid dienone is 1. The minimum atomic E-state index is -0.0833. The molecule has 0 saturated heterocycles. The molecule has 0 bridgehead atoms. The maximum Gasteiger partial charge on any atom is 0.000496 e. The van der Waals surface area contributed by atoms with Gasteiger partial charge in [0.2, 0.25) is 0 Å². The molecule has 0 fully saturated rings. The number of hydrogen-bond acceptors (Lipinski definition) is 1. The Hall–Kier alpha value is -1.18. The molecule has 0 aliphatic rings. The predicted octanol–water partition coefficient (Wildman–Crippen LogP) is 0.895. The van der Waals surface area contributed by atoms with Crippen molar-refractivity contribution in [3.63, 3.8) is 0 Å². The summed E-state index contributed by atoms with van der Waals surface area (Å²) in [4.78, 5) is 2.86. The standard InChI is InChI=1S/C4H5N.C3H6O/c1-2-4-5-3-1;1-3(2)4/h1-5H;4H,1H2,2H3/p-1. The Balaban J connectivity index is 0.000000148. The zero-order valence-corrected chi connectivity index (χ0v) is 5.42. The highest BCUT2D eigenvalue weighted by Crippen LogP contribution is 1.72. The maximum absolute atomic E-state index is 9.33. The molecule has 0 aliphatic heterocycles. The lowest BCUT2D eigenvalue weighted by Crippen LogP contribution is -1.92. The number of nitrogens with one attached hydrogen (secondary N) is 1. The third kappa shape index (κ3) is 10.9. The monoisotopic (exact) mass is 124 g/mol. The Kier molecular flexibility index (Phi) is 4.32. The van der Waals surface area contributed by atoms with Crippen molar-refractivity contribution >= 4 is 0 Å². The molecule has 0 spiro atoms. The van der Waals surface area contributed by atoms with E-state index in [0.29, 0.717) is 0 Å². The van der Waals surface area contributed by atoms with Crippen LogP contribution in [0.25, 0.3) is 0 Å². The van der Waals surface area contributed by atoms with E-state index in [1.54, 1.807) is 0 Å². The molecule has 0 aromatic carbocycles. The van der Waals surface area contributed by atoms with E-state index in [0.717, 1.165) is 0 Å². The lowest BCUT2D eigenvalue weighted by atomic mass is 10.7. The highest BCUT2D eigenvalue weighted by Gasteiger charge is 1.55. The second kappa shape index (κ2) is 4.97. The number of aromatic nitrogens is 1. The van der Waals surface area contributed by atoms with Crippen LogP contribution in [0, 0.1) is 0 Å². The smallest absolute Gasteiger partial charge is 0.000496 e. The van der Waals surface area contributed by atoms with Crippen LogP contribution < -0.4 is 5.11 Å². The Morgan fingerprint density at radius 2 is 1.78 bits per heavy atom. The number of hydrogen-bond donors (Lipinski definition) is 1. The van der Waals surface area contributed by atoms with Crippen molar-refractivity contribution < 1.29 is 5.11 Å². The summed E-state index contributed by atoms with van der Waals surface area (Å²) in [5.41, 5.74) is 0. The average molecular weight is 124 g/mol. The molecule has 1 aromatic rings. The van der Waals surface area contributed by atoms with Crippen LogP contribution in [0.15, 0.2) is 36.9 Å². The molecule has 1 rings (SSSR count). The quantitative estimate of drug-likeness (QED) is 0.512. The molecule has 1 N–H and O–H groups in total. The molecular weight excluding hydrogens is 114 g/mol. The average Bonchev–Trinajstić information content (AvgIpc) is 2.11.